The summed E-state index contributed by atoms with van der Waals surface area (Å²) in [4.78, 5) is 4.61. The Morgan fingerprint density at radius 1 is 1.43 bits per heavy atom. The molecule has 0 saturated heterocycles. The molecule has 0 saturated carbocycles. The van der Waals surface area contributed by atoms with E-state index in [0.29, 0.717) is 16.5 Å². The van der Waals surface area contributed by atoms with Gasteiger partial charge in [-0.25, -0.2) is 0 Å². The zero-order valence-corrected chi connectivity index (χ0v) is 8.89. The molecule has 0 aromatic heterocycles. The largest absolute Gasteiger partial charge is 0.493 e. The number of nitrogens with two attached hydrogens (primary N) is 1. The molecule has 0 aliphatic heterocycles. The molecule has 3 N–H and O–H groups in total. The summed E-state index contributed by atoms with van der Waals surface area (Å²) in [6.07, 6.45) is 0. The summed E-state index contributed by atoms with van der Waals surface area (Å²) < 4.78 is 5.07. The van der Waals surface area contributed by atoms with Gasteiger partial charge < -0.3 is 14.9 Å². The number of methoxy groups -OCH3 is 1. The van der Waals surface area contributed by atoms with E-state index in [2.05, 4.69) is 10.2 Å². The monoisotopic (exact) mass is 216 g/mol. The molecule has 1 aromatic carbocycles. The van der Waals surface area contributed by atoms with E-state index < -0.39 is 0 Å². The van der Waals surface area contributed by atoms with Crippen LogP contribution in [0.4, 0.5) is 5.69 Å². The molecule has 1 rings (SSSR count). The first-order valence-electron chi connectivity index (χ1n) is 4.21. The van der Waals surface area contributed by atoms with E-state index in [-0.39, 0.29) is 0 Å². The van der Waals surface area contributed by atoms with E-state index >= 15 is 0 Å². The van der Waals surface area contributed by atoms with Gasteiger partial charge in [-0.15, -0.1) is 0 Å². The van der Waals surface area contributed by atoms with Gasteiger partial charge in [0.05, 0.1) is 17.8 Å². The smallest absolute Gasteiger partial charge is 0.190 e. The lowest BCUT2D eigenvalue weighted by molar-refractivity contribution is 0.306. The molecule has 1 aromatic rings. The molecule has 0 aliphatic carbocycles. The molecular formula is C9H13ClN2O2. The Kier molecular flexibility index (Phi) is 3.85. The minimum atomic E-state index is 0.416. The van der Waals surface area contributed by atoms with Crippen molar-refractivity contribution < 1.29 is 9.57 Å². The normalized spacial score (nSPS) is 9.71. The van der Waals surface area contributed by atoms with E-state index in [1.807, 2.05) is 6.92 Å². The molecule has 0 bridgehead atoms. The van der Waals surface area contributed by atoms with Crippen LogP contribution in [0.1, 0.15) is 6.92 Å². The average Bonchev–Trinajstić information content (AvgIpc) is 2.20. The van der Waals surface area contributed by atoms with Crippen molar-refractivity contribution in [2.75, 3.05) is 19.0 Å². The van der Waals surface area contributed by atoms with Gasteiger partial charge >= 0.3 is 0 Å². The van der Waals surface area contributed by atoms with Gasteiger partial charge in [0.2, 0.25) is 0 Å². The van der Waals surface area contributed by atoms with Gasteiger partial charge in [0.15, 0.2) is 11.5 Å². The zero-order valence-electron chi connectivity index (χ0n) is 8.13. The fourth-order valence-electron chi connectivity index (χ4n) is 1.11. The van der Waals surface area contributed by atoms with Crippen LogP contribution >= 0.6 is 11.6 Å². The van der Waals surface area contributed by atoms with Crippen molar-refractivity contribution in [2.45, 2.75) is 6.92 Å². The molecule has 5 heteroatoms. The highest BCUT2D eigenvalue weighted by molar-refractivity contribution is 6.33. The predicted molar refractivity (Wildman–Crippen MR) is 57.0 cm³/mol. The van der Waals surface area contributed by atoms with E-state index in [0.717, 1.165) is 12.2 Å². The Bertz CT molecular complexity index is 318. The topological polar surface area (TPSA) is 56.5 Å². The number of benzene rings is 1. The SMILES string of the molecule is CCNc1cc(OC)c(ON)cc1Cl. The maximum Gasteiger partial charge on any atom is 0.190 e. The maximum absolute atomic E-state index is 5.96. The van der Waals surface area contributed by atoms with Crippen molar-refractivity contribution in [1.29, 1.82) is 0 Å². The van der Waals surface area contributed by atoms with Crippen LogP contribution in [0.5, 0.6) is 11.5 Å². The lowest BCUT2D eigenvalue weighted by Gasteiger charge is -2.11. The third kappa shape index (κ3) is 2.21. The molecule has 0 atom stereocenters. The van der Waals surface area contributed by atoms with Gasteiger partial charge in [0.1, 0.15) is 0 Å². The number of anilines is 1. The molecule has 0 aliphatic rings. The molecule has 0 heterocycles. The number of rotatable bonds is 4. The fourth-order valence-corrected chi connectivity index (χ4v) is 1.33. The van der Waals surface area contributed by atoms with Crippen LogP contribution in [0.2, 0.25) is 5.02 Å². The average molecular weight is 217 g/mol. The summed E-state index contributed by atoms with van der Waals surface area (Å²) in [5.74, 6) is 6.02. The molecule has 78 valence electrons. The molecule has 4 nitrogen and oxygen atoms in total. The minimum Gasteiger partial charge on any atom is -0.493 e. The third-order valence-electron chi connectivity index (χ3n) is 1.75. The van der Waals surface area contributed by atoms with Gasteiger partial charge in [-0.3, -0.25) is 0 Å². The van der Waals surface area contributed by atoms with E-state index in [9.17, 15) is 0 Å². The maximum atomic E-state index is 5.96. The zero-order chi connectivity index (χ0) is 10.6. The van der Waals surface area contributed by atoms with Crippen LogP contribution in [0.3, 0.4) is 0 Å². The van der Waals surface area contributed by atoms with E-state index in [1.54, 1.807) is 19.2 Å². The second-order valence-electron chi connectivity index (χ2n) is 2.63. The number of ether oxygens (including phenoxy) is 1. The summed E-state index contributed by atoms with van der Waals surface area (Å²) in [7, 11) is 1.54. The van der Waals surface area contributed by atoms with Crippen molar-refractivity contribution in [3.8, 4) is 11.5 Å². The minimum absolute atomic E-state index is 0.416. The van der Waals surface area contributed by atoms with Crippen LogP contribution < -0.4 is 20.8 Å². The van der Waals surface area contributed by atoms with Crippen LogP contribution in [-0.2, 0) is 0 Å². The van der Waals surface area contributed by atoms with Crippen molar-refractivity contribution >= 4 is 17.3 Å². The molecule has 0 fully saturated rings. The molecule has 0 spiro atoms. The highest BCUT2D eigenvalue weighted by Gasteiger charge is 2.09. The second-order valence-corrected chi connectivity index (χ2v) is 3.04. The van der Waals surface area contributed by atoms with Gasteiger partial charge in [-0.05, 0) is 6.92 Å². The van der Waals surface area contributed by atoms with Crippen molar-refractivity contribution in [2.24, 2.45) is 5.90 Å². The third-order valence-corrected chi connectivity index (χ3v) is 2.06. The quantitative estimate of drug-likeness (QED) is 0.757. The first kappa shape index (κ1) is 10.9. The Labute approximate surface area is 87.9 Å². The molecule has 14 heavy (non-hydrogen) atoms. The fraction of sp³-hybridized carbons (Fsp3) is 0.333. The number of hydrogen-bond acceptors (Lipinski definition) is 4. The second kappa shape index (κ2) is 4.93. The van der Waals surface area contributed by atoms with Crippen LogP contribution in [-0.4, -0.2) is 13.7 Å². The predicted octanol–water partition coefficient (Wildman–Crippen LogP) is 2.03. The van der Waals surface area contributed by atoms with Crippen molar-refractivity contribution in [3.63, 3.8) is 0 Å². The van der Waals surface area contributed by atoms with Gasteiger partial charge in [-0.1, -0.05) is 11.6 Å². The Morgan fingerprint density at radius 3 is 2.64 bits per heavy atom. The van der Waals surface area contributed by atoms with E-state index in [4.69, 9.17) is 22.2 Å². The summed E-state index contributed by atoms with van der Waals surface area (Å²) in [5, 5.41) is 3.64. The lowest BCUT2D eigenvalue weighted by Crippen LogP contribution is -2.05. The number of nitrogens with one attached hydrogen (secondary N) is 1. The standard InChI is InChI=1S/C9H13ClN2O2/c1-3-12-7-5-8(13-2)9(14-11)4-6(7)10/h4-5,12H,3,11H2,1-2H3. The molecule has 0 amide bonds. The van der Waals surface area contributed by atoms with Crippen molar-refractivity contribution in [3.05, 3.63) is 17.2 Å². The van der Waals surface area contributed by atoms with Crippen LogP contribution in [0.25, 0.3) is 0 Å². The Balaban J connectivity index is 3.09. The Hall–Kier alpha value is -1.13. The van der Waals surface area contributed by atoms with E-state index in [1.165, 1.54) is 0 Å². The molecule has 0 radical (unpaired) electrons. The number of halogens is 1. The van der Waals surface area contributed by atoms with Crippen LogP contribution in [0, 0.1) is 0 Å². The highest BCUT2D eigenvalue weighted by Crippen LogP contribution is 2.35. The lowest BCUT2D eigenvalue weighted by atomic mass is 10.2. The van der Waals surface area contributed by atoms with Gasteiger partial charge in [0.25, 0.3) is 0 Å². The van der Waals surface area contributed by atoms with Gasteiger partial charge in [0, 0.05) is 18.7 Å². The van der Waals surface area contributed by atoms with Gasteiger partial charge in [-0.2, -0.15) is 5.90 Å². The molecule has 0 unspecified atom stereocenters. The number of hydrogen-bond donors (Lipinski definition) is 2. The summed E-state index contributed by atoms with van der Waals surface area (Å²) in [6.45, 7) is 2.77. The van der Waals surface area contributed by atoms with Crippen molar-refractivity contribution in [1.82, 2.24) is 0 Å². The van der Waals surface area contributed by atoms with Crippen LogP contribution in [0.15, 0.2) is 12.1 Å². The summed E-state index contributed by atoms with van der Waals surface area (Å²) in [5.41, 5.74) is 0.798. The summed E-state index contributed by atoms with van der Waals surface area (Å²) >= 11 is 5.96. The Morgan fingerprint density at radius 2 is 2.14 bits per heavy atom. The molecular weight excluding hydrogens is 204 g/mol. The summed E-state index contributed by atoms with van der Waals surface area (Å²) in [6, 6.07) is 3.35. The highest BCUT2D eigenvalue weighted by atomic mass is 35.5. The first-order valence-corrected chi connectivity index (χ1v) is 4.58. The first-order chi connectivity index (χ1) is 6.72.